The monoisotopic (exact) mass is 555 g/mol. The Kier molecular flexibility index (Phi) is 7.11. The molecule has 0 aliphatic carbocycles. The largest absolute Gasteiger partial charge is 0.465 e. The molecule has 2 atom stereocenters. The molecule has 3 aromatic carbocycles. The van der Waals surface area contributed by atoms with Crippen molar-refractivity contribution in [2.45, 2.75) is 38.5 Å². The number of nitrogens with zero attached hydrogens (tertiary/aromatic N) is 3. The second kappa shape index (κ2) is 10.5. The number of rotatable bonds is 6. The van der Waals surface area contributed by atoms with Crippen molar-refractivity contribution < 1.29 is 42.4 Å². The molecule has 0 fully saturated rings. The predicted octanol–water partition coefficient (Wildman–Crippen LogP) is 5.45. The van der Waals surface area contributed by atoms with Crippen molar-refractivity contribution in [3.8, 4) is 11.4 Å². The van der Waals surface area contributed by atoms with Crippen molar-refractivity contribution in [3.63, 3.8) is 0 Å². The van der Waals surface area contributed by atoms with Crippen molar-refractivity contribution in [2.24, 2.45) is 0 Å². The Hall–Kier alpha value is -4.58. The van der Waals surface area contributed by atoms with Crippen molar-refractivity contribution >= 4 is 28.8 Å². The van der Waals surface area contributed by atoms with Crippen LogP contribution in [0.3, 0.4) is 0 Å². The van der Waals surface area contributed by atoms with E-state index in [4.69, 9.17) is 4.74 Å². The molecule has 4 aromatic rings. The first-order valence-electron chi connectivity index (χ1n) is 12.3. The standard InChI is InChI=1S/C28H24F3N3O6/c1-14-6-8-18-20(33(14)28(37)38)9-10-21-23(18)32-25(34(21)17-5-3-4-15(12-17)26(36)39-2)24(35)19-13-16(29)7-11-22(19)40-27(30)31/h3-5,7,9-14,24,27,35H,6,8H2,1-2H3,(H,37,38)/t14-,24?/m0/s1. The maximum atomic E-state index is 14.3. The number of halogens is 3. The van der Waals surface area contributed by atoms with Crippen LogP contribution in [0.1, 0.15) is 46.8 Å². The van der Waals surface area contributed by atoms with Gasteiger partial charge in [-0.05, 0) is 68.3 Å². The first-order valence-corrected chi connectivity index (χ1v) is 12.3. The van der Waals surface area contributed by atoms with E-state index in [-0.39, 0.29) is 23.0 Å². The molecule has 208 valence electrons. The van der Waals surface area contributed by atoms with E-state index in [0.717, 1.165) is 18.2 Å². The van der Waals surface area contributed by atoms with Crippen LogP contribution in [0.5, 0.6) is 5.75 Å². The van der Waals surface area contributed by atoms with Crippen LogP contribution < -0.4 is 9.64 Å². The summed E-state index contributed by atoms with van der Waals surface area (Å²) < 4.78 is 51.4. The Bertz CT molecular complexity index is 1620. The number of carboxylic acid groups (broad SMARTS) is 1. The van der Waals surface area contributed by atoms with Crippen LogP contribution in [-0.2, 0) is 11.2 Å². The summed E-state index contributed by atoms with van der Waals surface area (Å²) in [6.07, 6.45) is -1.90. The predicted molar refractivity (Wildman–Crippen MR) is 138 cm³/mol. The van der Waals surface area contributed by atoms with Gasteiger partial charge in [0.25, 0.3) is 0 Å². The summed E-state index contributed by atoms with van der Waals surface area (Å²) in [5.74, 6) is -1.95. The van der Waals surface area contributed by atoms with Crippen LogP contribution in [0, 0.1) is 5.82 Å². The fourth-order valence-corrected chi connectivity index (χ4v) is 5.11. The topological polar surface area (TPSA) is 114 Å². The van der Waals surface area contributed by atoms with E-state index in [2.05, 4.69) is 9.72 Å². The average molecular weight is 556 g/mol. The quantitative estimate of drug-likeness (QED) is 0.304. The van der Waals surface area contributed by atoms with Crippen molar-refractivity contribution in [3.05, 3.63) is 82.9 Å². The van der Waals surface area contributed by atoms with Crippen LogP contribution in [0.15, 0.2) is 54.6 Å². The first-order chi connectivity index (χ1) is 19.1. The summed E-state index contributed by atoms with van der Waals surface area (Å²) in [5.41, 5.74) is 2.11. The van der Waals surface area contributed by atoms with Gasteiger partial charge >= 0.3 is 18.7 Å². The summed E-state index contributed by atoms with van der Waals surface area (Å²) in [5, 5.41) is 21.3. The number of aliphatic hydroxyl groups is 1. The van der Waals surface area contributed by atoms with Crippen molar-refractivity contribution in [1.29, 1.82) is 0 Å². The molecule has 1 unspecified atom stereocenters. The summed E-state index contributed by atoms with van der Waals surface area (Å²) in [7, 11) is 1.23. The second-order valence-corrected chi connectivity index (χ2v) is 9.28. The number of hydrogen-bond acceptors (Lipinski definition) is 6. The maximum absolute atomic E-state index is 14.3. The second-order valence-electron chi connectivity index (χ2n) is 9.28. The van der Waals surface area contributed by atoms with E-state index < -0.39 is 36.3 Å². The molecule has 1 aliphatic rings. The summed E-state index contributed by atoms with van der Waals surface area (Å²) in [6.45, 7) is -1.44. The number of ether oxygens (including phenoxy) is 2. The molecule has 0 saturated carbocycles. The number of fused-ring (bicyclic) bond motifs is 3. The number of benzene rings is 3. The lowest BCUT2D eigenvalue weighted by molar-refractivity contribution is -0.0514. The highest BCUT2D eigenvalue weighted by molar-refractivity contribution is 5.95. The highest BCUT2D eigenvalue weighted by Gasteiger charge is 2.32. The molecule has 2 N–H and O–H groups in total. The summed E-state index contributed by atoms with van der Waals surface area (Å²) in [6, 6.07) is 12.0. The first kappa shape index (κ1) is 27.0. The smallest absolute Gasteiger partial charge is 0.412 e. The van der Waals surface area contributed by atoms with Gasteiger partial charge in [0.05, 0.1) is 29.4 Å². The Balaban J connectivity index is 1.79. The van der Waals surface area contributed by atoms with Gasteiger partial charge in [0.1, 0.15) is 23.5 Å². The zero-order valence-corrected chi connectivity index (χ0v) is 21.3. The molecule has 0 saturated heterocycles. The number of imidazole rings is 1. The Morgan fingerprint density at radius 2 is 1.90 bits per heavy atom. The molecule has 0 spiro atoms. The van der Waals surface area contributed by atoms with Gasteiger partial charge in [-0.3, -0.25) is 9.47 Å². The van der Waals surface area contributed by atoms with E-state index >= 15 is 0 Å². The molecule has 0 bridgehead atoms. The minimum Gasteiger partial charge on any atom is -0.465 e. The number of aromatic nitrogens is 2. The highest BCUT2D eigenvalue weighted by atomic mass is 19.3. The normalized spacial score (nSPS) is 15.7. The number of hydrogen-bond donors (Lipinski definition) is 2. The lowest BCUT2D eigenvalue weighted by Crippen LogP contribution is -2.41. The Morgan fingerprint density at radius 1 is 1.12 bits per heavy atom. The zero-order valence-electron chi connectivity index (χ0n) is 21.3. The molecule has 5 rings (SSSR count). The van der Waals surface area contributed by atoms with Gasteiger partial charge in [-0.1, -0.05) is 6.07 Å². The number of aryl methyl sites for hydroxylation is 1. The number of aliphatic hydroxyl groups excluding tert-OH is 1. The number of alkyl halides is 2. The SMILES string of the molecule is COC(=O)c1cccc(-n2c(C(O)c3cc(F)ccc3OC(F)F)nc3c4c(ccc32)N(C(=O)O)[C@@H](C)CC4)c1. The fourth-order valence-electron chi connectivity index (χ4n) is 5.11. The third-order valence-electron chi connectivity index (χ3n) is 6.90. The molecule has 1 amide bonds. The molecular formula is C28H24F3N3O6. The molecule has 1 aliphatic heterocycles. The molecule has 40 heavy (non-hydrogen) atoms. The Morgan fingerprint density at radius 3 is 2.60 bits per heavy atom. The van der Waals surface area contributed by atoms with Gasteiger partial charge in [-0.25, -0.2) is 19.0 Å². The van der Waals surface area contributed by atoms with Gasteiger partial charge in [0, 0.05) is 22.9 Å². The highest BCUT2D eigenvalue weighted by Crippen LogP contribution is 2.40. The molecule has 12 heteroatoms. The van der Waals surface area contributed by atoms with Crippen molar-refractivity contribution in [1.82, 2.24) is 9.55 Å². The van der Waals surface area contributed by atoms with Crippen LogP contribution in [0.25, 0.3) is 16.7 Å². The van der Waals surface area contributed by atoms with Crippen LogP contribution in [0.4, 0.5) is 23.7 Å². The number of amides is 1. The molecule has 9 nitrogen and oxygen atoms in total. The molecule has 2 heterocycles. The number of anilines is 1. The fraction of sp³-hybridized carbons (Fsp3) is 0.250. The van der Waals surface area contributed by atoms with Crippen LogP contribution >= 0.6 is 0 Å². The van der Waals surface area contributed by atoms with E-state index in [1.165, 1.54) is 28.7 Å². The number of methoxy groups -OCH3 is 1. The van der Waals surface area contributed by atoms with Gasteiger partial charge < -0.3 is 19.7 Å². The van der Waals surface area contributed by atoms with Crippen LogP contribution in [0.2, 0.25) is 0 Å². The maximum Gasteiger partial charge on any atom is 0.412 e. The summed E-state index contributed by atoms with van der Waals surface area (Å²) in [4.78, 5) is 30.2. The van der Waals surface area contributed by atoms with Gasteiger partial charge in [-0.15, -0.1) is 0 Å². The number of carbonyl (C=O) groups excluding carboxylic acids is 1. The van der Waals surface area contributed by atoms with Crippen LogP contribution in [-0.4, -0.2) is 51.6 Å². The van der Waals surface area contributed by atoms with Gasteiger partial charge in [-0.2, -0.15) is 8.78 Å². The van der Waals surface area contributed by atoms with Crippen molar-refractivity contribution in [2.75, 3.05) is 12.0 Å². The third kappa shape index (κ3) is 4.70. The minimum atomic E-state index is -3.23. The van der Waals surface area contributed by atoms with E-state index in [9.17, 15) is 33.0 Å². The van der Waals surface area contributed by atoms with E-state index in [1.54, 1.807) is 31.2 Å². The summed E-state index contributed by atoms with van der Waals surface area (Å²) >= 11 is 0. The van der Waals surface area contributed by atoms with Gasteiger partial charge in [0.15, 0.2) is 0 Å². The molecular weight excluding hydrogens is 531 g/mol. The lowest BCUT2D eigenvalue weighted by Gasteiger charge is -2.33. The Labute approximate surface area is 226 Å². The molecule has 1 aromatic heterocycles. The number of esters is 1. The average Bonchev–Trinajstić information content (AvgIpc) is 3.32. The molecule has 0 radical (unpaired) electrons. The number of carbonyl (C=O) groups is 2. The van der Waals surface area contributed by atoms with E-state index in [1.807, 2.05) is 0 Å². The minimum absolute atomic E-state index is 0.0874. The van der Waals surface area contributed by atoms with Gasteiger partial charge in [0.2, 0.25) is 0 Å². The third-order valence-corrected chi connectivity index (χ3v) is 6.90. The zero-order chi connectivity index (χ0) is 28.7. The van der Waals surface area contributed by atoms with E-state index in [0.29, 0.717) is 40.8 Å². The lowest BCUT2D eigenvalue weighted by atomic mass is 9.96.